The quantitative estimate of drug-likeness (QED) is 0.687. The largest absolute Gasteiger partial charge is 0.497 e. The number of fused-ring (bicyclic) bond motifs is 1. The maximum absolute atomic E-state index is 13.1. The molecule has 2 aromatic carbocycles. The van der Waals surface area contributed by atoms with Crippen molar-refractivity contribution in [3.05, 3.63) is 65.4 Å². The van der Waals surface area contributed by atoms with Crippen LogP contribution in [0.1, 0.15) is 36.0 Å². The van der Waals surface area contributed by atoms with Gasteiger partial charge in [0.25, 0.3) is 0 Å². The monoisotopic (exact) mass is 392 g/mol. The molecule has 5 heteroatoms. The molecule has 5 nitrogen and oxygen atoms in total. The van der Waals surface area contributed by atoms with Crippen molar-refractivity contribution < 1.29 is 14.3 Å². The Balaban J connectivity index is 1.72. The molecule has 2 heterocycles. The van der Waals surface area contributed by atoms with E-state index in [1.165, 1.54) is 22.0 Å². The number of rotatable bonds is 6. The summed E-state index contributed by atoms with van der Waals surface area (Å²) in [7, 11) is 1.67. The Morgan fingerprint density at radius 2 is 1.93 bits per heavy atom. The number of H-pyrrole nitrogens is 1. The Bertz CT molecular complexity index is 971. The lowest BCUT2D eigenvalue weighted by molar-refractivity contribution is -0.135. The number of aromatic amines is 1. The van der Waals surface area contributed by atoms with Crippen molar-refractivity contribution in [2.24, 2.45) is 0 Å². The van der Waals surface area contributed by atoms with E-state index in [0.717, 1.165) is 17.7 Å². The molecule has 1 fully saturated rings. The number of carbonyl (C=O) groups excluding carboxylic acids is 1. The van der Waals surface area contributed by atoms with Crippen LogP contribution in [0.4, 0.5) is 0 Å². The van der Waals surface area contributed by atoms with E-state index in [9.17, 15) is 4.79 Å². The molecule has 1 unspecified atom stereocenters. The van der Waals surface area contributed by atoms with Crippen molar-refractivity contribution in [2.45, 2.75) is 25.7 Å². The summed E-state index contributed by atoms with van der Waals surface area (Å²) in [4.78, 5) is 18.5. The van der Waals surface area contributed by atoms with Gasteiger partial charge in [-0.3, -0.25) is 4.79 Å². The molecule has 0 saturated carbocycles. The highest BCUT2D eigenvalue weighted by atomic mass is 16.5. The normalized spacial score (nSPS) is 15.4. The third-order valence-corrected chi connectivity index (χ3v) is 5.85. The van der Waals surface area contributed by atoms with E-state index in [4.69, 9.17) is 9.47 Å². The highest BCUT2D eigenvalue weighted by Crippen LogP contribution is 2.35. The zero-order chi connectivity index (χ0) is 20.2. The Morgan fingerprint density at radius 3 is 2.62 bits per heavy atom. The highest BCUT2D eigenvalue weighted by Gasteiger charge is 2.25. The van der Waals surface area contributed by atoms with Gasteiger partial charge in [-0.15, -0.1) is 0 Å². The molecular formula is C24H28N2O3. The van der Waals surface area contributed by atoms with Gasteiger partial charge >= 0.3 is 0 Å². The molecule has 1 saturated heterocycles. The van der Waals surface area contributed by atoms with Gasteiger partial charge in [-0.05, 0) is 35.2 Å². The molecule has 0 aliphatic carbocycles. The lowest BCUT2D eigenvalue weighted by Crippen LogP contribution is -2.41. The summed E-state index contributed by atoms with van der Waals surface area (Å²) in [6.07, 6.45) is 3.48. The van der Waals surface area contributed by atoms with Crippen LogP contribution in [0.5, 0.6) is 5.75 Å². The average Bonchev–Trinajstić information content (AvgIpc) is 3.22. The van der Waals surface area contributed by atoms with Crippen LogP contribution < -0.4 is 4.74 Å². The number of hydrogen-bond donors (Lipinski definition) is 1. The molecule has 1 N–H and O–H groups in total. The summed E-state index contributed by atoms with van der Waals surface area (Å²) in [6.45, 7) is 4.74. The first-order chi connectivity index (χ1) is 14.2. The minimum absolute atomic E-state index is 0.0166. The molecule has 3 aromatic rings. The molecule has 152 valence electrons. The standard InChI is InChI=1S/C24H28N2O3/c1-3-17-5-4-6-20-22(16-25-24(17)20)21(18-7-9-19(28-2)10-8-18)15-23(27)26-11-13-29-14-12-26/h4-10,16,21,25H,3,11-15H2,1-2H3. The fourth-order valence-corrected chi connectivity index (χ4v) is 4.18. The van der Waals surface area contributed by atoms with Crippen molar-refractivity contribution in [1.82, 2.24) is 9.88 Å². The number of methoxy groups -OCH3 is 1. The zero-order valence-electron chi connectivity index (χ0n) is 17.1. The van der Waals surface area contributed by atoms with Crippen LogP contribution in [0, 0.1) is 0 Å². The van der Waals surface area contributed by atoms with E-state index < -0.39 is 0 Å². The molecule has 1 atom stereocenters. The van der Waals surface area contributed by atoms with Crippen molar-refractivity contribution >= 4 is 16.8 Å². The molecule has 1 aliphatic heterocycles. The first-order valence-electron chi connectivity index (χ1n) is 10.3. The average molecular weight is 392 g/mol. The molecule has 0 radical (unpaired) electrons. The van der Waals surface area contributed by atoms with Gasteiger partial charge in [0.05, 0.1) is 20.3 Å². The van der Waals surface area contributed by atoms with Crippen LogP contribution in [-0.4, -0.2) is 49.2 Å². The second kappa shape index (κ2) is 8.70. The van der Waals surface area contributed by atoms with E-state index in [1.807, 2.05) is 17.0 Å². The number of nitrogens with one attached hydrogen (secondary N) is 1. The lowest BCUT2D eigenvalue weighted by atomic mass is 9.87. The second-order valence-electron chi connectivity index (χ2n) is 7.46. The van der Waals surface area contributed by atoms with Gasteiger partial charge < -0.3 is 19.4 Å². The predicted octanol–water partition coefficient (Wildman–Crippen LogP) is 4.12. The van der Waals surface area contributed by atoms with E-state index in [1.54, 1.807) is 7.11 Å². The summed E-state index contributed by atoms with van der Waals surface area (Å²) < 4.78 is 10.7. The maximum Gasteiger partial charge on any atom is 0.223 e. The zero-order valence-corrected chi connectivity index (χ0v) is 17.1. The fraction of sp³-hybridized carbons (Fsp3) is 0.375. The van der Waals surface area contributed by atoms with Crippen molar-refractivity contribution in [2.75, 3.05) is 33.4 Å². The number of hydrogen-bond acceptors (Lipinski definition) is 3. The second-order valence-corrected chi connectivity index (χ2v) is 7.46. The number of para-hydroxylation sites is 1. The number of aryl methyl sites for hydroxylation is 1. The lowest BCUT2D eigenvalue weighted by Gasteiger charge is -2.28. The third kappa shape index (κ3) is 4.01. The van der Waals surface area contributed by atoms with E-state index in [-0.39, 0.29) is 11.8 Å². The molecular weight excluding hydrogens is 364 g/mol. The molecule has 29 heavy (non-hydrogen) atoms. The summed E-state index contributed by atoms with van der Waals surface area (Å²) >= 11 is 0. The number of ether oxygens (including phenoxy) is 2. The SMILES string of the molecule is CCc1cccc2c(C(CC(=O)N3CCOCC3)c3ccc(OC)cc3)c[nH]c12. The summed E-state index contributed by atoms with van der Waals surface area (Å²) in [5.74, 6) is 0.978. The summed E-state index contributed by atoms with van der Waals surface area (Å²) in [5.41, 5.74) is 4.75. The molecule has 1 amide bonds. The van der Waals surface area contributed by atoms with Crippen LogP contribution in [0.15, 0.2) is 48.7 Å². The van der Waals surface area contributed by atoms with Crippen molar-refractivity contribution in [3.8, 4) is 5.75 Å². The smallest absolute Gasteiger partial charge is 0.223 e. The Hall–Kier alpha value is -2.79. The van der Waals surface area contributed by atoms with Crippen LogP contribution >= 0.6 is 0 Å². The first kappa shape index (κ1) is 19.5. The molecule has 0 spiro atoms. The molecule has 0 bridgehead atoms. The van der Waals surface area contributed by atoms with E-state index in [2.05, 4.69) is 48.4 Å². The van der Waals surface area contributed by atoms with Crippen molar-refractivity contribution in [1.29, 1.82) is 0 Å². The van der Waals surface area contributed by atoms with Gasteiger partial charge in [0.2, 0.25) is 5.91 Å². The van der Waals surface area contributed by atoms with Crippen LogP contribution in [0.25, 0.3) is 10.9 Å². The molecule has 1 aromatic heterocycles. The van der Waals surface area contributed by atoms with Gasteiger partial charge in [-0.2, -0.15) is 0 Å². The molecule has 1 aliphatic rings. The molecule has 4 rings (SSSR count). The number of morpholine rings is 1. The topological polar surface area (TPSA) is 54.6 Å². The number of amides is 1. The summed E-state index contributed by atoms with van der Waals surface area (Å²) in [6, 6.07) is 14.5. The maximum atomic E-state index is 13.1. The fourth-order valence-electron chi connectivity index (χ4n) is 4.18. The van der Waals surface area contributed by atoms with Gasteiger partial charge in [-0.1, -0.05) is 37.3 Å². The Kier molecular flexibility index (Phi) is 5.86. The predicted molar refractivity (Wildman–Crippen MR) is 115 cm³/mol. The van der Waals surface area contributed by atoms with Crippen LogP contribution in [-0.2, 0) is 16.0 Å². The van der Waals surface area contributed by atoms with E-state index >= 15 is 0 Å². The van der Waals surface area contributed by atoms with Gasteiger partial charge in [0, 0.05) is 42.5 Å². The van der Waals surface area contributed by atoms with E-state index in [0.29, 0.717) is 32.7 Å². The van der Waals surface area contributed by atoms with Crippen LogP contribution in [0.3, 0.4) is 0 Å². The van der Waals surface area contributed by atoms with Gasteiger partial charge in [0.1, 0.15) is 5.75 Å². The highest BCUT2D eigenvalue weighted by molar-refractivity contribution is 5.88. The number of benzene rings is 2. The first-order valence-corrected chi connectivity index (χ1v) is 10.3. The minimum atomic E-state index is -0.0166. The number of carbonyl (C=O) groups is 1. The van der Waals surface area contributed by atoms with Gasteiger partial charge in [0.15, 0.2) is 0 Å². The van der Waals surface area contributed by atoms with Crippen molar-refractivity contribution in [3.63, 3.8) is 0 Å². The van der Waals surface area contributed by atoms with Crippen LogP contribution in [0.2, 0.25) is 0 Å². The third-order valence-electron chi connectivity index (χ3n) is 5.85. The Labute approximate surface area is 171 Å². The number of nitrogens with zero attached hydrogens (tertiary/aromatic N) is 1. The number of aromatic nitrogens is 1. The summed E-state index contributed by atoms with van der Waals surface area (Å²) in [5, 5.41) is 1.19. The van der Waals surface area contributed by atoms with Gasteiger partial charge in [-0.25, -0.2) is 0 Å². The Morgan fingerprint density at radius 1 is 1.17 bits per heavy atom. The minimum Gasteiger partial charge on any atom is -0.497 e.